The molecule has 0 aliphatic heterocycles. The lowest BCUT2D eigenvalue weighted by Crippen LogP contribution is -2.16. The normalized spacial score (nSPS) is 12.2. The average molecular weight is 350 g/mol. The van der Waals surface area contributed by atoms with Crippen LogP contribution in [0.3, 0.4) is 0 Å². The number of hydrogen-bond donors (Lipinski definition) is 1. The molecule has 23 heavy (non-hydrogen) atoms. The molecule has 0 atom stereocenters. The van der Waals surface area contributed by atoms with Crippen LogP contribution in [0.4, 0.5) is 5.69 Å². The molecule has 6 nitrogen and oxygen atoms in total. The van der Waals surface area contributed by atoms with Gasteiger partial charge < -0.3 is 0 Å². The minimum absolute atomic E-state index is 0.0878. The Morgan fingerprint density at radius 2 is 1.83 bits per heavy atom. The maximum Gasteiger partial charge on any atom is 0.281 e. The van der Waals surface area contributed by atoms with Crippen LogP contribution in [0.25, 0.3) is 4.96 Å². The molecule has 0 saturated heterocycles. The predicted octanol–water partition coefficient (Wildman–Crippen LogP) is 3.33. The van der Waals surface area contributed by atoms with Gasteiger partial charge >= 0.3 is 0 Å². The Bertz CT molecular complexity index is 953. The summed E-state index contributed by atoms with van der Waals surface area (Å²) in [5, 5.41) is 5.09. The number of benzene rings is 1. The van der Waals surface area contributed by atoms with Crippen molar-refractivity contribution in [2.45, 2.75) is 38.6 Å². The minimum Gasteiger partial charge on any atom is -0.278 e. The molecule has 3 rings (SSSR count). The molecule has 0 bridgehead atoms. The molecular weight excluding hydrogens is 332 g/mol. The Morgan fingerprint density at radius 1 is 1.17 bits per heavy atom. The summed E-state index contributed by atoms with van der Waals surface area (Å²) in [4.78, 5) is 4.86. The highest BCUT2D eigenvalue weighted by atomic mass is 32.2. The summed E-state index contributed by atoms with van der Waals surface area (Å²) >= 11 is 1.36. The maximum atomic E-state index is 12.7. The average Bonchev–Trinajstić information content (AvgIpc) is 2.92. The zero-order valence-electron chi connectivity index (χ0n) is 13.4. The van der Waals surface area contributed by atoms with Crippen LogP contribution in [0.2, 0.25) is 0 Å². The zero-order valence-corrected chi connectivity index (χ0v) is 15.0. The lowest BCUT2D eigenvalue weighted by molar-refractivity contribution is 0.592. The van der Waals surface area contributed by atoms with Crippen LogP contribution >= 0.6 is 11.3 Å². The smallest absolute Gasteiger partial charge is 0.278 e. The van der Waals surface area contributed by atoms with E-state index in [1.807, 2.05) is 19.1 Å². The number of imidazole rings is 1. The first kappa shape index (κ1) is 15.9. The third-order valence-corrected chi connectivity index (χ3v) is 5.82. The number of rotatable bonds is 4. The van der Waals surface area contributed by atoms with Crippen molar-refractivity contribution in [3.8, 4) is 0 Å². The van der Waals surface area contributed by atoms with Crippen LogP contribution < -0.4 is 4.72 Å². The number of nitrogens with one attached hydrogen (secondary N) is 1. The third kappa shape index (κ3) is 2.96. The fourth-order valence-corrected chi connectivity index (χ4v) is 4.55. The van der Waals surface area contributed by atoms with Gasteiger partial charge in [-0.1, -0.05) is 37.3 Å². The van der Waals surface area contributed by atoms with Gasteiger partial charge in [0, 0.05) is 5.69 Å². The van der Waals surface area contributed by atoms with Crippen molar-refractivity contribution >= 4 is 32.0 Å². The highest BCUT2D eigenvalue weighted by Crippen LogP contribution is 2.24. The van der Waals surface area contributed by atoms with E-state index in [0.717, 1.165) is 10.6 Å². The fraction of sp³-hybridized carbons (Fsp3) is 0.333. The molecule has 0 radical (unpaired) electrons. The largest absolute Gasteiger partial charge is 0.281 e. The predicted molar refractivity (Wildman–Crippen MR) is 91.7 cm³/mol. The van der Waals surface area contributed by atoms with Gasteiger partial charge in [0.15, 0.2) is 0 Å². The Morgan fingerprint density at radius 3 is 2.43 bits per heavy atom. The summed E-state index contributed by atoms with van der Waals surface area (Å²) in [6, 6.07) is 7.39. The van der Waals surface area contributed by atoms with E-state index in [2.05, 4.69) is 28.7 Å². The number of anilines is 1. The molecule has 0 saturated carbocycles. The summed E-state index contributed by atoms with van der Waals surface area (Å²) in [6.07, 6.45) is 0. The van der Waals surface area contributed by atoms with Crippen LogP contribution in [-0.4, -0.2) is 23.0 Å². The standard InChI is InChI=1S/C15H18N4O2S2/c1-9(2)12-5-7-13(8-6-12)18-23(20,21)14-10(3)16-15-19(14)17-11(4)22-15/h5-9,18H,1-4H3. The summed E-state index contributed by atoms with van der Waals surface area (Å²) in [6.45, 7) is 7.68. The Balaban J connectivity index is 1.98. The van der Waals surface area contributed by atoms with E-state index < -0.39 is 10.0 Å². The highest BCUT2D eigenvalue weighted by molar-refractivity contribution is 7.92. The number of fused-ring (bicyclic) bond motifs is 1. The molecular formula is C15H18N4O2S2. The van der Waals surface area contributed by atoms with E-state index in [1.54, 1.807) is 19.1 Å². The zero-order chi connectivity index (χ0) is 16.8. The van der Waals surface area contributed by atoms with Crippen LogP contribution in [0, 0.1) is 13.8 Å². The van der Waals surface area contributed by atoms with E-state index in [0.29, 0.717) is 22.3 Å². The molecule has 3 aromatic rings. The topological polar surface area (TPSA) is 76.4 Å². The lowest BCUT2D eigenvalue weighted by atomic mass is 10.0. The summed E-state index contributed by atoms with van der Waals surface area (Å²) in [7, 11) is -3.75. The highest BCUT2D eigenvalue weighted by Gasteiger charge is 2.25. The van der Waals surface area contributed by atoms with E-state index in [1.165, 1.54) is 15.9 Å². The fourth-order valence-electron chi connectivity index (χ4n) is 2.37. The molecule has 8 heteroatoms. The van der Waals surface area contributed by atoms with Gasteiger partial charge in [0.1, 0.15) is 5.01 Å². The van der Waals surface area contributed by atoms with Crippen molar-refractivity contribution in [2.24, 2.45) is 0 Å². The van der Waals surface area contributed by atoms with Gasteiger partial charge in [0.25, 0.3) is 10.0 Å². The molecule has 0 fully saturated rings. The van der Waals surface area contributed by atoms with Gasteiger partial charge in [0.05, 0.1) is 5.69 Å². The third-order valence-electron chi connectivity index (χ3n) is 3.51. The Hall–Kier alpha value is -1.93. The second-order valence-corrected chi connectivity index (χ2v) is 8.46. The number of sulfonamides is 1. The number of aromatic nitrogens is 3. The number of hydrogen-bond acceptors (Lipinski definition) is 5. The van der Waals surface area contributed by atoms with Gasteiger partial charge in [-0.2, -0.15) is 18.0 Å². The summed E-state index contributed by atoms with van der Waals surface area (Å²) in [5.74, 6) is 0.398. The molecule has 0 aliphatic rings. The van der Waals surface area contributed by atoms with Crippen molar-refractivity contribution in [2.75, 3.05) is 4.72 Å². The molecule has 0 spiro atoms. The van der Waals surface area contributed by atoms with Gasteiger partial charge in [-0.05, 0) is 37.5 Å². The maximum absolute atomic E-state index is 12.7. The molecule has 122 valence electrons. The first-order chi connectivity index (χ1) is 10.8. The SMILES string of the molecule is Cc1nn2c(S(=O)(=O)Nc3ccc(C(C)C)cc3)c(C)nc2s1. The van der Waals surface area contributed by atoms with Gasteiger partial charge in [-0.3, -0.25) is 4.72 Å². The first-order valence-electron chi connectivity index (χ1n) is 7.23. The molecule has 2 heterocycles. The molecule has 0 amide bonds. The van der Waals surface area contributed by atoms with Crippen molar-refractivity contribution < 1.29 is 8.42 Å². The minimum atomic E-state index is -3.75. The molecule has 2 aromatic heterocycles. The quantitative estimate of drug-likeness (QED) is 0.783. The van der Waals surface area contributed by atoms with E-state index >= 15 is 0 Å². The Labute approximate surface area is 139 Å². The van der Waals surface area contributed by atoms with Crippen molar-refractivity contribution in [3.63, 3.8) is 0 Å². The first-order valence-corrected chi connectivity index (χ1v) is 9.53. The van der Waals surface area contributed by atoms with Crippen LogP contribution in [0.5, 0.6) is 0 Å². The van der Waals surface area contributed by atoms with Gasteiger partial charge in [-0.25, -0.2) is 4.98 Å². The monoisotopic (exact) mass is 350 g/mol. The summed E-state index contributed by atoms with van der Waals surface area (Å²) < 4.78 is 29.4. The van der Waals surface area contributed by atoms with Crippen molar-refractivity contribution in [1.29, 1.82) is 0 Å². The molecule has 1 N–H and O–H groups in total. The van der Waals surface area contributed by atoms with Crippen molar-refractivity contribution in [3.05, 3.63) is 40.5 Å². The van der Waals surface area contributed by atoms with Crippen LogP contribution in [0.1, 0.15) is 36.0 Å². The van der Waals surface area contributed by atoms with E-state index in [4.69, 9.17) is 0 Å². The number of nitrogens with zero attached hydrogens (tertiary/aromatic N) is 3. The van der Waals surface area contributed by atoms with E-state index in [-0.39, 0.29) is 5.03 Å². The van der Waals surface area contributed by atoms with Crippen LogP contribution in [0.15, 0.2) is 29.3 Å². The molecule has 0 unspecified atom stereocenters. The second kappa shape index (κ2) is 5.61. The summed E-state index contributed by atoms with van der Waals surface area (Å²) in [5.41, 5.74) is 2.12. The van der Waals surface area contributed by atoms with Gasteiger partial charge in [0.2, 0.25) is 9.99 Å². The lowest BCUT2D eigenvalue weighted by Gasteiger charge is -2.10. The molecule has 1 aromatic carbocycles. The van der Waals surface area contributed by atoms with E-state index in [9.17, 15) is 8.42 Å². The molecule has 0 aliphatic carbocycles. The van der Waals surface area contributed by atoms with Crippen LogP contribution in [-0.2, 0) is 10.0 Å². The van der Waals surface area contributed by atoms with Gasteiger partial charge in [-0.15, -0.1) is 0 Å². The number of aryl methyl sites for hydroxylation is 2. The van der Waals surface area contributed by atoms with Crippen molar-refractivity contribution in [1.82, 2.24) is 14.6 Å². The second-order valence-electron chi connectivity index (χ2n) is 5.70. The Kier molecular flexibility index (Phi) is 3.89.